The highest BCUT2D eigenvalue weighted by molar-refractivity contribution is 7.99. The summed E-state index contributed by atoms with van der Waals surface area (Å²) in [6, 6.07) is 9.14. The van der Waals surface area contributed by atoms with E-state index in [1.807, 2.05) is 24.3 Å². The fraction of sp³-hybridized carbons (Fsp3) is 0.267. The zero-order chi connectivity index (χ0) is 14.4. The van der Waals surface area contributed by atoms with E-state index in [2.05, 4.69) is 4.98 Å². The van der Waals surface area contributed by atoms with Gasteiger partial charge in [-0.1, -0.05) is 12.1 Å². The van der Waals surface area contributed by atoms with Crippen molar-refractivity contribution in [1.82, 2.24) is 9.88 Å². The molecule has 1 aromatic carbocycles. The van der Waals surface area contributed by atoms with Crippen LogP contribution in [0.15, 0.2) is 36.5 Å². The van der Waals surface area contributed by atoms with Gasteiger partial charge in [-0.15, -0.1) is 0 Å². The molecule has 1 N–H and O–H groups in total. The van der Waals surface area contributed by atoms with E-state index in [9.17, 15) is 4.79 Å². The van der Waals surface area contributed by atoms with Crippen molar-refractivity contribution in [2.24, 2.45) is 0 Å². The highest BCUT2D eigenvalue weighted by Crippen LogP contribution is 2.33. The van der Waals surface area contributed by atoms with Crippen molar-refractivity contribution in [1.29, 1.82) is 5.41 Å². The average Bonchev–Trinajstić information content (AvgIpc) is 3.06. The van der Waals surface area contributed by atoms with Crippen LogP contribution in [0.25, 0.3) is 10.9 Å². The van der Waals surface area contributed by atoms with Gasteiger partial charge in [0.25, 0.3) is 11.9 Å². The SMILES string of the molecule is N=C1OC2CSCC2N1C(=O)c1cccc2ncccc12. The topological polar surface area (TPSA) is 66.3 Å². The molecule has 2 unspecified atom stereocenters. The quantitative estimate of drug-likeness (QED) is 0.876. The van der Waals surface area contributed by atoms with Crippen LogP contribution in [0.3, 0.4) is 0 Å². The van der Waals surface area contributed by atoms with Crippen LogP contribution in [0.5, 0.6) is 0 Å². The molecule has 1 aromatic heterocycles. The lowest BCUT2D eigenvalue weighted by atomic mass is 10.1. The second kappa shape index (κ2) is 4.73. The molecule has 106 valence electrons. The summed E-state index contributed by atoms with van der Waals surface area (Å²) in [6.07, 6.45) is 1.67. The molecular weight excluding hydrogens is 286 g/mol. The molecule has 0 aliphatic carbocycles. The molecular formula is C15H13N3O2S. The largest absolute Gasteiger partial charge is 0.459 e. The van der Waals surface area contributed by atoms with Crippen molar-refractivity contribution in [3.63, 3.8) is 0 Å². The summed E-state index contributed by atoms with van der Waals surface area (Å²) in [5.74, 6) is 1.49. The van der Waals surface area contributed by atoms with Gasteiger partial charge in [0.15, 0.2) is 0 Å². The minimum Gasteiger partial charge on any atom is -0.459 e. The van der Waals surface area contributed by atoms with E-state index in [0.717, 1.165) is 22.4 Å². The van der Waals surface area contributed by atoms with Crippen molar-refractivity contribution in [3.05, 3.63) is 42.1 Å². The molecule has 0 saturated carbocycles. The number of aromatic nitrogens is 1. The van der Waals surface area contributed by atoms with Crippen molar-refractivity contribution in [3.8, 4) is 0 Å². The van der Waals surface area contributed by atoms with Gasteiger partial charge in [0.1, 0.15) is 6.10 Å². The number of ether oxygens (including phenoxy) is 1. The molecule has 2 fully saturated rings. The molecule has 5 nitrogen and oxygen atoms in total. The molecule has 1 amide bonds. The van der Waals surface area contributed by atoms with Crippen LogP contribution in [0.2, 0.25) is 0 Å². The van der Waals surface area contributed by atoms with Gasteiger partial charge in [0.2, 0.25) is 0 Å². The Bertz CT molecular complexity index is 743. The third kappa shape index (κ3) is 1.90. The molecule has 0 radical (unpaired) electrons. The van der Waals surface area contributed by atoms with Crippen LogP contribution >= 0.6 is 11.8 Å². The lowest BCUT2D eigenvalue weighted by Gasteiger charge is -2.20. The van der Waals surface area contributed by atoms with Crippen molar-refractivity contribution >= 4 is 34.6 Å². The summed E-state index contributed by atoms with van der Waals surface area (Å²) in [5.41, 5.74) is 1.36. The number of amidine groups is 1. The van der Waals surface area contributed by atoms with E-state index >= 15 is 0 Å². The van der Waals surface area contributed by atoms with Gasteiger partial charge in [-0.3, -0.25) is 20.1 Å². The van der Waals surface area contributed by atoms with E-state index in [1.54, 1.807) is 24.0 Å². The summed E-state index contributed by atoms with van der Waals surface area (Å²) in [5, 5.41) is 8.76. The number of pyridine rings is 1. The van der Waals surface area contributed by atoms with E-state index in [0.29, 0.717) is 5.56 Å². The van der Waals surface area contributed by atoms with Gasteiger partial charge >= 0.3 is 0 Å². The van der Waals surface area contributed by atoms with Gasteiger partial charge in [0, 0.05) is 28.7 Å². The molecule has 2 aromatic rings. The first-order valence-corrected chi connectivity index (χ1v) is 7.91. The minimum atomic E-state index is -0.173. The number of amides is 1. The first-order chi connectivity index (χ1) is 10.3. The van der Waals surface area contributed by atoms with Crippen LogP contribution in [0, 0.1) is 5.41 Å². The number of hydrogen-bond acceptors (Lipinski definition) is 5. The van der Waals surface area contributed by atoms with Gasteiger partial charge in [-0.25, -0.2) is 0 Å². The molecule has 0 bridgehead atoms. The Kier molecular flexibility index (Phi) is 2.85. The molecule has 2 aliphatic rings. The molecule has 2 atom stereocenters. The molecule has 6 heteroatoms. The average molecular weight is 299 g/mol. The number of fused-ring (bicyclic) bond motifs is 2. The fourth-order valence-corrected chi connectivity index (χ4v) is 4.15. The lowest BCUT2D eigenvalue weighted by Crippen LogP contribution is -2.41. The molecule has 21 heavy (non-hydrogen) atoms. The van der Waals surface area contributed by atoms with Crippen LogP contribution in [-0.2, 0) is 4.74 Å². The van der Waals surface area contributed by atoms with Crippen LogP contribution in [-0.4, -0.2) is 45.5 Å². The Morgan fingerprint density at radius 2 is 2.24 bits per heavy atom. The zero-order valence-corrected chi connectivity index (χ0v) is 12.0. The Labute approximate surface area is 125 Å². The highest BCUT2D eigenvalue weighted by Gasteiger charge is 2.46. The van der Waals surface area contributed by atoms with Crippen molar-refractivity contribution < 1.29 is 9.53 Å². The van der Waals surface area contributed by atoms with Crippen LogP contribution < -0.4 is 0 Å². The number of hydrogen-bond donors (Lipinski definition) is 1. The summed E-state index contributed by atoms with van der Waals surface area (Å²) >= 11 is 1.76. The Balaban J connectivity index is 1.78. The maximum Gasteiger partial charge on any atom is 0.292 e. The van der Waals surface area contributed by atoms with Gasteiger partial charge in [0.05, 0.1) is 11.6 Å². The Morgan fingerprint density at radius 3 is 3.14 bits per heavy atom. The third-order valence-corrected chi connectivity index (χ3v) is 5.05. The minimum absolute atomic E-state index is 0.0260. The van der Waals surface area contributed by atoms with Crippen LogP contribution in [0.4, 0.5) is 0 Å². The van der Waals surface area contributed by atoms with Gasteiger partial charge in [-0.05, 0) is 18.2 Å². The van der Waals surface area contributed by atoms with E-state index in [4.69, 9.17) is 10.1 Å². The lowest BCUT2D eigenvalue weighted by molar-refractivity contribution is 0.0825. The van der Waals surface area contributed by atoms with Gasteiger partial charge < -0.3 is 4.74 Å². The number of carbonyl (C=O) groups excluding carboxylic acids is 1. The first kappa shape index (κ1) is 12.6. The highest BCUT2D eigenvalue weighted by atomic mass is 32.2. The molecule has 0 spiro atoms. The number of rotatable bonds is 1. The van der Waals surface area contributed by atoms with E-state index in [1.165, 1.54) is 4.90 Å². The monoisotopic (exact) mass is 299 g/mol. The van der Waals surface area contributed by atoms with Crippen molar-refractivity contribution in [2.45, 2.75) is 12.1 Å². The van der Waals surface area contributed by atoms with E-state index < -0.39 is 0 Å². The number of carbonyl (C=O) groups is 1. The summed E-state index contributed by atoms with van der Waals surface area (Å²) < 4.78 is 5.50. The molecule has 2 saturated heterocycles. The maximum absolute atomic E-state index is 12.9. The third-order valence-electron chi connectivity index (χ3n) is 3.91. The number of thioether (sulfide) groups is 1. The molecule has 2 aliphatic heterocycles. The van der Waals surface area contributed by atoms with Crippen LogP contribution in [0.1, 0.15) is 10.4 Å². The summed E-state index contributed by atoms with van der Waals surface area (Å²) in [7, 11) is 0. The second-order valence-corrected chi connectivity index (χ2v) is 6.19. The molecule has 4 rings (SSSR count). The fourth-order valence-electron chi connectivity index (χ4n) is 2.89. The predicted molar refractivity (Wildman–Crippen MR) is 81.6 cm³/mol. The Morgan fingerprint density at radius 1 is 1.33 bits per heavy atom. The number of nitrogens with zero attached hydrogens (tertiary/aromatic N) is 2. The maximum atomic E-state index is 12.9. The number of nitrogens with one attached hydrogen (secondary N) is 1. The predicted octanol–water partition coefficient (Wildman–Crippen LogP) is 2.13. The standard InChI is InChI=1S/C15H13N3O2S/c16-15-18(12-7-21-8-13(12)20-15)14(19)10-3-1-5-11-9(10)4-2-6-17-11/h1-6,12-13,16H,7-8H2. The molecule has 3 heterocycles. The second-order valence-electron chi connectivity index (χ2n) is 5.12. The summed E-state index contributed by atoms with van der Waals surface area (Å²) in [6.45, 7) is 0. The van der Waals surface area contributed by atoms with Gasteiger partial charge in [-0.2, -0.15) is 11.8 Å². The summed E-state index contributed by atoms with van der Waals surface area (Å²) in [4.78, 5) is 18.7. The first-order valence-electron chi connectivity index (χ1n) is 6.76. The van der Waals surface area contributed by atoms with Crippen molar-refractivity contribution in [2.75, 3.05) is 11.5 Å². The zero-order valence-electron chi connectivity index (χ0n) is 11.2. The normalized spacial score (nSPS) is 24.2. The smallest absolute Gasteiger partial charge is 0.292 e. The number of benzene rings is 1. The van der Waals surface area contributed by atoms with E-state index in [-0.39, 0.29) is 24.1 Å². The Hall–Kier alpha value is -2.08.